The molecule has 7 fully saturated rings. The lowest BCUT2D eigenvalue weighted by molar-refractivity contribution is 0.152. The van der Waals surface area contributed by atoms with E-state index in [1.165, 1.54) is 0 Å². The molecular formula is C102H193N25O6. The maximum Gasteiger partial charge on any atom is 0.232 e. The van der Waals surface area contributed by atoms with Crippen molar-refractivity contribution in [2.75, 3.05) is 179 Å². The Balaban J connectivity index is 1.29. The molecule has 0 spiro atoms. The van der Waals surface area contributed by atoms with Crippen LogP contribution < -0.4 is 81.7 Å². The van der Waals surface area contributed by atoms with Crippen LogP contribution in [0.5, 0.6) is 0 Å². The van der Waals surface area contributed by atoms with Gasteiger partial charge in [0.2, 0.25) is 53.5 Å². The number of nitrogens with zero attached hydrogens (tertiary/aromatic N) is 17. The molecule has 0 aliphatic carbocycles. The third kappa shape index (κ3) is 31.9. The van der Waals surface area contributed by atoms with Crippen LogP contribution >= 0.6 is 0 Å². The molecule has 762 valence electrons. The average Bonchev–Trinajstić information content (AvgIpc) is 0.764. The largest absolute Gasteiger partial charge is 0.385 e. The highest BCUT2D eigenvalue weighted by molar-refractivity contribution is 5.54. The number of aromatic nitrogens is 9. The Morgan fingerprint density at radius 2 is 0.398 bits per heavy atom. The first-order valence-corrected chi connectivity index (χ1v) is 51.3. The normalized spacial score (nSPS) is 23.6. The molecule has 10 rings (SSSR count). The van der Waals surface area contributed by atoms with Gasteiger partial charge in [0.05, 0.1) is 0 Å². The van der Waals surface area contributed by atoms with Crippen LogP contribution in [0.25, 0.3) is 0 Å². The summed E-state index contributed by atoms with van der Waals surface area (Å²) in [6.07, 6.45) is 16.8. The molecule has 7 saturated heterocycles. The Labute approximate surface area is 807 Å². The minimum Gasteiger partial charge on any atom is -0.385 e. The third-order valence-corrected chi connectivity index (χ3v) is 28.5. The van der Waals surface area contributed by atoms with Crippen molar-refractivity contribution in [3.8, 4) is 0 Å². The summed E-state index contributed by atoms with van der Waals surface area (Å²) >= 11 is 0. The smallest absolute Gasteiger partial charge is 0.232 e. The van der Waals surface area contributed by atoms with E-state index in [9.17, 15) is 0 Å². The second-order valence-corrected chi connectivity index (χ2v) is 50.9. The van der Waals surface area contributed by atoms with Crippen molar-refractivity contribution >= 4 is 53.5 Å². The summed E-state index contributed by atoms with van der Waals surface area (Å²) in [5.74, 6) is 5.72. The monoisotopic (exact) mass is 1860 g/mol. The van der Waals surface area contributed by atoms with Crippen LogP contribution in [0.4, 0.5) is 53.5 Å². The molecule has 133 heavy (non-hydrogen) atoms. The second kappa shape index (κ2) is 43.8. The summed E-state index contributed by atoms with van der Waals surface area (Å²) in [7, 11) is 10.9. The van der Waals surface area contributed by atoms with Crippen molar-refractivity contribution < 1.29 is 28.4 Å². The van der Waals surface area contributed by atoms with Crippen LogP contribution in [0.1, 0.15) is 336 Å². The molecule has 7 aliphatic rings. The van der Waals surface area contributed by atoms with Gasteiger partial charge in [-0.2, -0.15) is 44.9 Å². The van der Waals surface area contributed by atoms with Gasteiger partial charge in [0, 0.05) is 267 Å². The number of piperidine rings is 7. The highest BCUT2D eigenvalue weighted by Gasteiger charge is 2.51. The number of hydrogen-bond acceptors (Lipinski definition) is 31. The maximum atomic E-state index is 6.15. The van der Waals surface area contributed by atoms with E-state index in [1.807, 2.05) is 28.4 Å². The van der Waals surface area contributed by atoms with Gasteiger partial charge in [0.15, 0.2) is 0 Å². The minimum atomic E-state index is -0.377. The van der Waals surface area contributed by atoms with Gasteiger partial charge in [-0.3, -0.25) is 0 Å². The third-order valence-electron chi connectivity index (χ3n) is 28.5. The molecule has 2 atom stereocenters. The van der Waals surface area contributed by atoms with Crippen molar-refractivity contribution in [1.29, 1.82) is 0 Å². The molecule has 0 saturated carbocycles. The van der Waals surface area contributed by atoms with Crippen molar-refractivity contribution in [3.05, 3.63) is 0 Å². The van der Waals surface area contributed by atoms with Crippen LogP contribution in [-0.4, -0.2) is 311 Å². The average molecular weight is 1870 g/mol. The van der Waals surface area contributed by atoms with Gasteiger partial charge in [-0.1, -0.05) is 0 Å². The molecule has 0 aromatic carbocycles. The second-order valence-electron chi connectivity index (χ2n) is 50.9. The van der Waals surface area contributed by atoms with E-state index in [0.29, 0.717) is 146 Å². The predicted octanol–water partition coefficient (Wildman–Crippen LogP) is 14.7. The van der Waals surface area contributed by atoms with Gasteiger partial charge in [-0.15, -0.1) is 0 Å². The fourth-order valence-electron chi connectivity index (χ4n) is 26.3. The maximum absolute atomic E-state index is 6.15. The van der Waals surface area contributed by atoms with E-state index in [4.69, 9.17) is 73.3 Å². The van der Waals surface area contributed by atoms with Gasteiger partial charge < -0.3 is 110 Å². The quantitative estimate of drug-likeness (QED) is 0.0244. The summed E-state index contributed by atoms with van der Waals surface area (Å²) < 4.78 is 35.8. The van der Waals surface area contributed by atoms with Crippen molar-refractivity contribution in [2.24, 2.45) is 0 Å². The first-order valence-electron chi connectivity index (χ1n) is 51.3. The molecule has 10 heterocycles. The lowest BCUT2D eigenvalue weighted by Crippen LogP contribution is -2.64. The van der Waals surface area contributed by atoms with Crippen LogP contribution in [0.2, 0.25) is 0 Å². The SMILES string of the molecule is COCCCN(c1nc(NC(C)CN(c2nc(N(CCCOC)C3CC(C)(C)NC(C)(C)C3)nc(N(CCCOC)C3CC(C)(C)NC(C)(C)C3)n2)C(C)CN(c2nc(N(CCCOC)C3CC(C)(C)NC(C)(C)C3)nc(N(CCCOC)C3CC(C)(C)NC(C)(C)C3)n2)C2CC(C)(C)NC(C)(C)C2)nc(N(CCCOC)C2CC(C)(C)NC(C)(C)C2)n1)C1CC(C)(C)NC(C)(C)C1. The van der Waals surface area contributed by atoms with Crippen LogP contribution in [0.15, 0.2) is 0 Å². The summed E-state index contributed by atoms with van der Waals surface area (Å²) in [5.41, 5.74) is -3.03. The van der Waals surface area contributed by atoms with Crippen LogP contribution in [-0.2, 0) is 28.4 Å². The number of anilines is 9. The van der Waals surface area contributed by atoms with Gasteiger partial charge in [-0.05, 0) is 336 Å². The molecule has 0 amide bonds. The van der Waals surface area contributed by atoms with Crippen LogP contribution in [0.3, 0.4) is 0 Å². The first-order chi connectivity index (χ1) is 61.6. The molecule has 2 unspecified atom stereocenters. The lowest BCUT2D eigenvalue weighted by Gasteiger charge is -2.51. The van der Waals surface area contributed by atoms with Gasteiger partial charge in [-0.25, -0.2) is 0 Å². The zero-order chi connectivity index (χ0) is 98.3. The Kier molecular flexibility index (Phi) is 36.2. The predicted molar refractivity (Wildman–Crippen MR) is 550 cm³/mol. The molecule has 3 aromatic heterocycles. The number of nitrogens with one attached hydrogen (secondary N) is 8. The number of rotatable bonds is 46. The van der Waals surface area contributed by atoms with E-state index in [2.05, 4.69) is 289 Å². The topological polar surface area (TPSA) is 294 Å². The molecule has 3 aromatic rings. The summed E-state index contributed by atoms with van der Waals surface area (Å²) in [5, 5.41) is 32.6. The summed E-state index contributed by atoms with van der Waals surface area (Å²) in [4.78, 5) is 74.3. The minimum absolute atomic E-state index is 0.0391. The van der Waals surface area contributed by atoms with Crippen molar-refractivity contribution in [3.63, 3.8) is 0 Å². The Morgan fingerprint density at radius 1 is 0.241 bits per heavy atom. The lowest BCUT2D eigenvalue weighted by atomic mass is 9.79. The Bertz CT molecular complexity index is 3810. The number of ether oxygens (including phenoxy) is 6. The van der Waals surface area contributed by atoms with E-state index in [-0.39, 0.29) is 132 Å². The van der Waals surface area contributed by atoms with E-state index >= 15 is 0 Å². The van der Waals surface area contributed by atoms with E-state index in [1.54, 1.807) is 14.2 Å². The Hall–Kier alpha value is -5.29. The standard InChI is InChI=1S/C102H193N25O6/c1-71(103-80-104-81(120(43-37-49-128-31)73-55-89(3,4)113-90(5,6)56-73)106-82(105-80)121(44-38-50-129-32)74-57-91(7,8)114-92(9,10)58-74)69-126(87-109-83(122(45-39-51-130-33)75-59-93(11,12)115-94(13,14)60-75)107-84(110-87)123(46-40-52-131-34)76-61-95(15,16)116-96(17,18)62-76)72(2)70-127(79-67-101(27,28)119-102(29,30)68-79)88-111-85(124(47-41-53-132-35)77-63-97(19,20)117-98(21,22)64-77)108-86(112-88)125(48-42-54-133-36)78-65-99(23,24)118-100(25,26)66-78/h71-79,113-119H,37-70H2,1-36H3,(H,103,104,105,106). The van der Waals surface area contributed by atoms with Crippen molar-refractivity contribution in [1.82, 2.24) is 82.1 Å². The zero-order valence-electron chi connectivity index (χ0n) is 90.8. The highest BCUT2D eigenvalue weighted by Crippen LogP contribution is 2.45. The van der Waals surface area contributed by atoms with Crippen molar-refractivity contribution in [2.45, 2.75) is 468 Å². The fourth-order valence-corrected chi connectivity index (χ4v) is 26.3. The van der Waals surface area contributed by atoms with Gasteiger partial charge in [0.25, 0.3) is 0 Å². The number of methoxy groups -OCH3 is 6. The first kappa shape index (κ1) is 110. The molecule has 8 N–H and O–H groups in total. The van der Waals surface area contributed by atoms with Crippen LogP contribution in [0, 0.1) is 0 Å². The summed E-state index contributed by atoms with van der Waals surface area (Å²) in [6, 6.07) is -0.461. The summed E-state index contributed by atoms with van der Waals surface area (Å²) in [6.45, 7) is 79.0. The molecule has 31 heteroatoms. The highest BCUT2D eigenvalue weighted by atomic mass is 16.5. The van der Waals surface area contributed by atoms with Gasteiger partial charge >= 0.3 is 0 Å². The molecule has 31 nitrogen and oxygen atoms in total. The van der Waals surface area contributed by atoms with Gasteiger partial charge in [0.1, 0.15) is 0 Å². The molecular weight excluding hydrogens is 1670 g/mol. The number of hydrogen-bond donors (Lipinski definition) is 8. The molecule has 7 aliphatic heterocycles. The molecule has 0 radical (unpaired) electrons. The van der Waals surface area contributed by atoms with E-state index in [0.717, 1.165) is 128 Å². The van der Waals surface area contributed by atoms with E-state index < -0.39 is 0 Å². The Morgan fingerprint density at radius 3 is 0.579 bits per heavy atom. The molecule has 0 bridgehead atoms. The fraction of sp³-hybridized carbons (Fsp3) is 0.912. The zero-order valence-corrected chi connectivity index (χ0v) is 90.8.